The molecule has 0 saturated carbocycles. The zero-order valence-electron chi connectivity index (χ0n) is 7.72. The van der Waals surface area contributed by atoms with E-state index in [-0.39, 0.29) is 5.92 Å². The Balaban J connectivity index is 3.24. The van der Waals surface area contributed by atoms with Gasteiger partial charge in [-0.15, -0.1) is 0 Å². The van der Waals surface area contributed by atoms with Crippen LogP contribution in [0.2, 0.25) is 10.0 Å². The van der Waals surface area contributed by atoms with Gasteiger partial charge in [0, 0.05) is 0 Å². The molecule has 0 fully saturated rings. The van der Waals surface area contributed by atoms with Crippen LogP contribution in [-0.2, 0) is 0 Å². The van der Waals surface area contributed by atoms with E-state index in [9.17, 15) is 0 Å². The summed E-state index contributed by atoms with van der Waals surface area (Å²) < 4.78 is 0. The SMILES string of the molecule is CCC(C#N)c1ccc(N)c(Cl)c1Cl. The lowest BCUT2D eigenvalue weighted by Crippen LogP contribution is -1.97. The van der Waals surface area contributed by atoms with Crippen LogP contribution in [0.3, 0.4) is 0 Å². The van der Waals surface area contributed by atoms with Crippen molar-refractivity contribution in [3.8, 4) is 6.07 Å². The van der Waals surface area contributed by atoms with E-state index in [0.29, 0.717) is 22.2 Å². The van der Waals surface area contributed by atoms with Crippen LogP contribution >= 0.6 is 23.2 Å². The highest BCUT2D eigenvalue weighted by atomic mass is 35.5. The molecule has 1 rings (SSSR count). The van der Waals surface area contributed by atoms with Gasteiger partial charge in [-0.25, -0.2) is 0 Å². The van der Waals surface area contributed by atoms with Crippen LogP contribution in [0, 0.1) is 11.3 Å². The molecule has 0 heterocycles. The lowest BCUT2D eigenvalue weighted by Gasteiger charge is -2.11. The number of nitrogen functional groups attached to an aromatic ring is 1. The monoisotopic (exact) mass is 228 g/mol. The summed E-state index contributed by atoms with van der Waals surface area (Å²) in [6.07, 6.45) is 0.705. The lowest BCUT2D eigenvalue weighted by atomic mass is 9.98. The van der Waals surface area contributed by atoms with Gasteiger partial charge in [-0.2, -0.15) is 5.26 Å². The predicted molar refractivity (Wildman–Crippen MR) is 59.5 cm³/mol. The van der Waals surface area contributed by atoms with E-state index < -0.39 is 0 Å². The summed E-state index contributed by atoms with van der Waals surface area (Å²) in [6, 6.07) is 5.59. The third-order valence-corrected chi connectivity index (χ3v) is 2.99. The summed E-state index contributed by atoms with van der Waals surface area (Å²) in [5, 5.41) is 9.60. The minimum atomic E-state index is -0.222. The van der Waals surface area contributed by atoms with Gasteiger partial charge in [0.1, 0.15) is 0 Å². The fourth-order valence-electron chi connectivity index (χ4n) is 1.23. The molecule has 1 aromatic rings. The summed E-state index contributed by atoms with van der Waals surface area (Å²) in [4.78, 5) is 0. The fourth-order valence-corrected chi connectivity index (χ4v) is 1.71. The molecular formula is C10H10Cl2N2. The molecule has 0 spiro atoms. The maximum absolute atomic E-state index is 8.88. The first-order valence-electron chi connectivity index (χ1n) is 4.24. The van der Waals surface area contributed by atoms with Gasteiger partial charge in [0.25, 0.3) is 0 Å². The Morgan fingerprint density at radius 1 is 1.43 bits per heavy atom. The fraction of sp³-hybridized carbons (Fsp3) is 0.300. The van der Waals surface area contributed by atoms with E-state index in [4.69, 9.17) is 34.2 Å². The smallest absolute Gasteiger partial charge is 0.0824 e. The van der Waals surface area contributed by atoms with Crippen LogP contribution in [0.4, 0.5) is 5.69 Å². The third-order valence-electron chi connectivity index (χ3n) is 2.08. The average molecular weight is 229 g/mol. The van der Waals surface area contributed by atoms with Gasteiger partial charge in [-0.05, 0) is 18.1 Å². The summed E-state index contributed by atoms with van der Waals surface area (Å²) in [6.45, 7) is 1.93. The van der Waals surface area contributed by atoms with E-state index in [1.807, 2.05) is 6.92 Å². The number of nitrogens with zero attached hydrogens (tertiary/aromatic N) is 1. The molecule has 0 aliphatic carbocycles. The summed E-state index contributed by atoms with van der Waals surface area (Å²) >= 11 is 11.9. The summed E-state index contributed by atoms with van der Waals surface area (Å²) in [5.74, 6) is -0.222. The first-order valence-corrected chi connectivity index (χ1v) is 5.00. The van der Waals surface area contributed by atoms with Crippen molar-refractivity contribution in [3.05, 3.63) is 27.7 Å². The zero-order valence-corrected chi connectivity index (χ0v) is 9.23. The second-order valence-corrected chi connectivity index (χ2v) is 3.72. The van der Waals surface area contributed by atoms with Gasteiger partial charge in [0.15, 0.2) is 0 Å². The lowest BCUT2D eigenvalue weighted by molar-refractivity contribution is 0.819. The Hall–Kier alpha value is -0.910. The van der Waals surface area contributed by atoms with Crippen LogP contribution in [0.25, 0.3) is 0 Å². The number of nitrogens with two attached hydrogens (primary N) is 1. The summed E-state index contributed by atoms with van der Waals surface area (Å²) in [7, 11) is 0. The highest BCUT2D eigenvalue weighted by molar-refractivity contribution is 6.44. The number of nitriles is 1. The predicted octanol–water partition coefficient (Wildman–Crippen LogP) is 3.59. The number of benzene rings is 1. The molecule has 4 heteroatoms. The Kier molecular flexibility index (Phi) is 3.62. The van der Waals surface area contributed by atoms with Crippen molar-refractivity contribution in [2.24, 2.45) is 0 Å². The second kappa shape index (κ2) is 4.54. The quantitative estimate of drug-likeness (QED) is 0.787. The number of hydrogen-bond donors (Lipinski definition) is 1. The van der Waals surface area contributed by atoms with Crippen molar-refractivity contribution in [2.45, 2.75) is 19.3 Å². The molecule has 14 heavy (non-hydrogen) atoms. The van der Waals surface area contributed by atoms with Crippen molar-refractivity contribution in [1.29, 1.82) is 5.26 Å². The molecule has 0 aromatic heterocycles. The standard InChI is InChI=1S/C10H10Cl2N2/c1-2-6(5-13)7-3-4-8(14)10(12)9(7)11/h3-4,6H,2,14H2,1H3. The van der Waals surface area contributed by atoms with Crippen molar-refractivity contribution in [2.75, 3.05) is 5.73 Å². The minimum Gasteiger partial charge on any atom is -0.397 e. The highest BCUT2D eigenvalue weighted by Gasteiger charge is 2.15. The Bertz CT molecular complexity index is 382. The van der Waals surface area contributed by atoms with Gasteiger partial charge in [0.2, 0.25) is 0 Å². The molecule has 0 aliphatic rings. The highest BCUT2D eigenvalue weighted by Crippen LogP contribution is 2.35. The molecule has 74 valence electrons. The van der Waals surface area contributed by atoms with Crippen molar-refractivity contribution in [3.63, 3.8) is 0 Å². The molecule has 0 bridgehead atoms. The van der Waals surface area contributed by atoms with E-state index in [1.54, 1.807) is 12.1 Å². The number of rotatable bonds is 2. The number of hydrogen-bond acceptors (Lipinski definition) is 2. The van der Waals surface area contributed by atoms with Crippen molar-refractivity contribution >= 4 is 28.9 Å². The molecule has 0 radical (unpaired) electrons. The zero-order chi connectivity index (χ0) is 10.7. The van der Waals surface area contributed by atoms with E-state index in [0.717, 1.165) is 5.56 Å². The van der Waals surface area contributed by atoms with E-state index in [1.165, 1.54) is 0 Å². The van der Waals surface area contributed by atoms with Crippen LogP contribution in [0.1, 0.15) is 24.8 Å². The Labute approximate surface area is 93.2 Å². The van der Waals surface area contributed by atoms with Crippen molar-refractivity contribution < 1.29 is 0 Å². The maximum atomic E-state index is 8.88. The Morgan fingerprint density at radius 2 is 2.07 bits per heavy atom. The molecule has 1 unspecified atom stereocenters. The van der Waals surface area contributed by atoms with Crippen molar-refractivity contribution in [1.82, 2.24) is 0 Å². The van der Waals surface area contributed by atoms with E-state index >= 15 is 0 Å². The second-order valence-electron chi connectivity index (χ2n) is 2.96. The normalized spacial score (nSPS) is 12.1. The molecule has 1 aromatic carbocycles. The average Bonchev–Trinajstić information content (AvgIpc) is 2.19. The number of halogens is 2. The summed E-state index contributed by atoms with van der Waals surface area (Å²) in [5.41, 5.74) is 6.76. The first kappa shape index (κ1) is 11.2. The van der Waals surface area contributed by atoms with E-state index in [2.05, 4.69) is 6.07 Å². The van der Waals surface area contributed by atoms with Crippen LogP contribution in [-0.4, -0.2) is 0 Å². The topological polar surface area (TPSA) is 49.8 Å². The largest absolute Gasteiger partial charge is 0.397 e. The van der Waals surface area contributed by atoms with Gasteiger partial charge in [-0.1, -0.05) is 36.2 Å². The maximum Gasteiger partial charge on any atom is 0.0824 e. The minimum absolute atomic E-state index is 0.222. The first-order chi connectivity index (χ1) is 6.61. The molecule has 0 saturated heterocycles. The molecule has 1 atom stereocenters. The van der Waals surface area contributed by atoms with Crippen LogP contribution in [0.15, 0.2) is 12.1 Å². The molecule has 0 aliphatic heterocycles. The molecule has 2 nitrogen and oxygen atoms in total. The van der Waals surface area contributed by atoms with Gasteiger partial charge >= 0.3 is 0 Å². The van der Waals surface area contributed by atoms with Crippen LogP contribution < -0.4 is 5.73 Å². The van der Waals surface area contributed by atoms with Crippen LogP contribution in [0.5, 0.6) is 0 Å². The molecular weight excluding hydrogens is 219 g/mol. The molecule has 0 amide bonds. The van der Waals surface area contributed by atoms with Gasteiger partial charge < -0.3 is 5.73 Å². The molecule has 2 N–H and O–H groups in total. The Morgan fingerprint density at radius 3 is 2.57 bits per heavy atom. The van der Waals surface area contributed by atoms with Gasteiger partial charge in [0.05, 0.1) is 27.7 Å². The number of anilines is 1. The van der Waals surface area contributed by atoms with Gasteiger partial charge in [-0.3, -0.25) is 0 Å². The third kappa shape index (κ3) is 1.95.